The third-order valence-electron chi connectivity index (χ3n) is 4.94. The molecule has 7 nitrogen and oxygen atoms in total. The van der Waals surface area contributed by atoms with Crippen LogP contribution in [-0.2, 0) is 10.0 Å². The number of fused-ring (bicyclic) bond motifs is 1. The fourth-order valence-corrected chi connectivity index (χ4v) is 6.25. The number of carbonyl (C=O) groups is 1. The number of piperidine rings is 1. The second kappa shape index (κ2) is 8.50. The molecule has 0 atom stereocenters. The Bertz CT molecular complexity index is 1200. The van der Waals surface area contributed by atoms with Gasteiger partial charge in [-0.15, -0.1) is 0 Å². The Labute approximate surface area is 183 Å². The van der Waals surface area contributed by atoms with Crippen LogP contribution in [0.1, 0.15) is 29.6 Å². The standard InChI is InChI=1S/C20H20ClN3O4S2/c1-28-14-6-8-16-17(12-14)29-20(22-16)23-19(25)13-5-7-15(21)18(11-13)30(26,27)24-9-3-2-4-10-24/h5-8,11-12H,2-4,9-10H2,1H3,(H,22,23,25). The molecule has 3 aromatic rings. The largest absolute Gasteiger partial charge is 0.497 e. The fraction of sp³-hybridized carbons (Fsp3) is 0.300. The van der Waals surface area contributed by atoms with Gasteiger partial charge < -0.3 is 4.74 Å². The molecular weight excluding hydrogens is 446 g/mol. The Hall–Kier alpha value is -2.20. The number of halogens is 1. The minimum absolute atomic E-state index is 0.0484. The maximum atomic E-state index is 13.0. The van der Waals surface area contributed by atoms with Gasteiger partial charge in [-0.05, 0) is 49.2 Å². The molecule has 1 aliphatic rings. The molecule has 1 N–H and O–H groups in total. The number of aromatic nitrogens is 1. The predicted molar refractivity (Wildman–Crippen MR) is 118 cm³/mol. The molecule has 2 aromatic carbocycles. The first-order chi connectivity index (χ1) is 14.4. The van der Waals surface area contributed by atoms with Gasteiger partial charge in [0, 0.05) is 18.7 Å². The van der Waals surface area contributed by atoms with Crippen LogP contribution in [0.5, 0.6) is 5.75 Å². The molecule has 1 aliphatic heterocycles. The maximum absolute atomic E-state index is 13.0. The molecule has 0 spiro atoms. The molecule has 10 heteroatoms. The zero-order valence-corrected chi connectivity index (χ0v) is 18.6. The van der Waals surface area contributed by atoms with Crippen LogP contribution in [0, 0.1) is 0 Å². The van der Waals surface area contributed by atoms with Crippen LogP contribution >= 0.6 is 22.9 Å². The highest BCUT2D eigenvalue weighted by Gasteiger charge is 2.28. The smallest absolute Gasteiger partial charge is 0.257 e. The van der Waals surface area contributed by atoms with E-state index < -0.39 is 15.9 Å². The van der Waals surface area contributed by atoms with Gasteiger partial charge in [0.1, 0.15) is 10.6 Å². The van der Waals surface area contributed by atoms with Crippen molar-refractivity contribution >= 4 is 54.2 Å². The van der Waals surface area contributed by atoms with Gasteiger partial charge in [0.15, 0.2) is 5.13 Å². The summed E-state index contributed by atoms with van der Waals surface area (Å²) in [7, 11) is -2.17. The normalized spacial score (nSPS) is 15.3. The van der Waals surface area contributed by atoms with Crippen molar-refractivity contribution < 1.29 is 17.9 Å². The molecule has 4 rings (SSSR count). The number of thiazole rings is 1. The number of hydrogen-bond acceptors (Lipinski definition) is 6. The topological polar surface area (TPSA) is 88.6 Å². The van der Waals surface area contributed by atoms with Crippen molar-refractivity contribution in [2.75, 3.05) is 25.5 Å². The van der Waals surface area contributed by atoms with Gasteiger partial charge in [0.2, 0.25) is 10.0 Å². The van der Waals surface area contributed by atoms with Crippen LogP contribution in [0.2, 0.25) is 5.02 Å². The van der Waals surface area contributed by atoms with E-state index in [1.54, 1.807) is 13.2 Å². The number of nitrogens with one attached hydrogen (secondary N) is 1. The highest BCUT2D eigenvalue weighted by molar-refractivity contribution is 7.89. The molecule has 2 heterocycles. The van der Waals surface area contributed by atoms with Crippen molar-refractivity contribution in [2.45, 2.75) is 24.2 Å². The van der Waals surface area contributed by atoms with Gasteiger partial charge >= 0.3 is 0 Å². The average molecular weight is 466 g/mol. The summed E-state index contributed by atoms with van der Waals surface area (Å²) in [6, 6.07) is 9.72. The number of benzene rings is 2. The van der Waals surface area contributed by atoms with Gasteiger partial charge in [0.25, 0.3) is 5.91 Å². The van der Waals surface area contributed by atoms with Crippen molar-refractivity contribution in [3.05, 3.63) is 47.0 Å². The third kappa shape index (κ3) is 4.15. The number of ether oxygens (including phenoxy) is 1. The monoisotopic (exact) mass is 465 g/mol. The van der Waals surface area contributed by atoms with E-state index in [1.807, 2.05) is 12.1 Å². The van der Waals surface area contributed by atoms with Gasteiger partial charge in [-0.25, -0.2) is 13.4 Å². The SMILES string of the molecule is COc1ccc2nc(NC(=O)c3ccc(Cl)c(S(=O)(=O)N4CCCCC4)c3)sc2c1. The number of carbonyl (C=O) groups excluding carboxylic acids is 1. The highest BCUT2D eigenvalue weighted by atomic mass is 35.5. The molecule has 1 saturated heterocycles. The lowest BCUT2D eigenvalue weighted by atomic mass is 10.2. The maximum Gasteiger partial charge on any atom is 0.257 e. The third-order valence-corrected chi connectivity index (χ3v) is 8.26. The lowest BCUT2D eigenvalue weighted by Gasteiger charge is -2.26. The number of amides is 1. The number of anilines is 1. The Morgan fingerprint density at radius 1 is 1.17 bits per heavy atom. The number of sulfonamides is 1. The van der Waals surface area contributed by atoms with E-state index in [0.717, 1.165) is 29.5 Å². The van der Waals surface area contributed by atoms with E-state index in [-0.39, 0.29) is 15.5 Å². The Balaban J connectivity index is 1.59. The van der Waals surface area contributed by atoms with Crippen LogP contribution in [0.15, 0.2) is 41.3 Å². The fourth-order valence-electron chi connectivity index (χ4n) is 3.34. The molecular formula is C20H20ClN3O4S2. The Morgan fingerprint density at radius 3 is 2.67 bits per heavy atom. The van der Waals surface area contributed by atoms with Crippen LogP contribution in [0.3, 0.4) is 0 Å². The molecule has 1 aromatic heterocycles. The van der Waals surface area contributed by atoms with Crippen molar-refractivity contribution in [1.82, 2.24) is 9.29 Å². The zero-order valence-electron chi connectivity index (χ0n) is 16.2. The minimum atomic E-state index is -3.76. The van der Waals surface area contributed by atoms with Gasteiger partial charge in [0.05, 0.1) is 22.3 Å². The summed E-state index contributed by atoms with van der Waals surface area (Å²) < 4.78 is 33.5. The average Bonchev–Trinajstić information content (AvgIpc) is 3.15. The van der Waals surface area contributed by atoms with Crippen LogP contribution < -0.4 is 10.1 Å². The van der Waals surface area contributed by atoms with Gasteiger partial charge in [-0.3, -0.25) is 10.1 Å². The molecule has 1 fully saturated rings. The van der Waals surface area contributed by atoms with Crippen LogP contribution in [-0.4, -0.2) is 43.8 Å². The van der Waals surface area contributed by atoms with Gasteiger partial charge in [-0.2, -0.15) is 4.31 Å². The summed E-state index contributed by atoms with van der Waals surface area (Å²) in [5.41, 5.74) is 0.937. The van der Waals surface area contributed by atoms with Crippen molar-refractivity contribution in [2.24, 2.45) is 0 Å². The Morgan fingerprint density at radius 2 is 1.93 bits per heavy atom. The summed E-state index contributed by atoms with van der Waals surface area (Å²) in [6.07, 6.45) is 2.65. The lowest BCUT2D eigenvalue weighted by molar-refractivity contribution is 0.102. The zero-order chi connectivity index (χ0) is 21.3. The van der Waals surface area contributed by atoms with E-state index in [0.29, 0.717) is 24.0 Å². The summed E-state index contributed by atoms with van der Waals surface area (Å²) >= 11 is 7.50. The second-order valence-electron chi connectivity index (χ2n) is 6.92. The van der Waals surface area contributed by atoms with Crippen LogP contribution in [0.4, 0.5) is 5.13 Å². The second-order valence-corrected chi connectivity index (χ2v) is 10.3. The molecule has 1 amide bonds. The van der Waals surface area contributed by atoms with Crippen molar-refractivity contribution in [1.29, 1.82) is 0 Å². The van der Waals surface area contributed by atoms with E-state index in [2.05, 4.69) is 10.3 Å². The number of methoxy groups -OCH3 is 1. The number of nitrogens with zero attached hydrogens (tertiary/aromatic N) is 2. The number of rotatable bonds is 5. The predicted octanol–water partition coefficient (Wildman–Crippen LogP) is 4.39. The first-order valence-electron chi connectivity index (χ1n) is 9.44. The number of hydrogen-bond donors (Lipinski definition) is 1. The first-order valence-corrected chi connectivity index (χ1v) is 12.1. The molecule has 0 aliphatic carbocycles. The van der Waals surface area contributed by atoms with E-state index in [4.69, 9.17) is 16.3 Å². The Kier molecular flexibility index (Phi) is 5.97. The van der Waals surface area contributed by atoms with E-state index in [1.165, 1.54) is 33.8 Å². The summed E-state index contributed by atoms with van der Waals surface area (Å²) in [5.74, 6) is 0.252. The lowest BCUT2D eigenvalue weighted by Crippen LogP contribution is -2.35. The molecule has 0 saturated carbocycles. The molecule has 0 bridgehead atoms. The highest BCUT2D eigenvalue weighted by Crippen LogP contribution is 2.31. The summed E-state index contributed by atoms with van der Waals surface area (Å²) in [5, 5.41) is 3.26. The molecule has 0 radical (unpaired) electrons. The quantitative estimate of drug-likeness (QED) is 0.603. The van der Waals surface area contributed by atoms with Crippen molar-refractivity contribution in [3.8, 4) is 5.75 Å². The van der Waals surface area contributed by atoms with Crippen molar-refractivity contribution in [3.63, 3.8) is 0 Å². The summed E-state index contributed by atoms with van der Waals surface area (Å²) in [4.78, 5) is 17.1. The van der Waals surface area contributed by atoms with Crippen LogP contribution in [0.25, 0.3) is 10.2 Å². The molecule has 0 unspecified atom stereocenters. The van der Waals surface area contributed by atoms with Gasteiger partial charge in [-0.1, -0.05) is 29.4 Å². The van der Waals surface area contributed by atoms with E-state index >= 15 is 0 Å². The molecule has 30 heavy (non-hydrogen) atoms. The summed E-state index contributed by atoms with van der Waals surface area (Å²) in [6.45, 7) is 0.925. The minimum Gasteiger partial charge on any atom is -0.497 e. The first kappa shape index (κ1) is 21.0. The van der Waals surface area contributed by atoms with E-state index in [9.17, 15) is 13.2 Å². The molecule has 158 valence electrons.